The van der Waals surface area contributed by atoms with Gasteiger partial charge in [-0.25, -0.2) is 0 Å². The molecule has 2 aromatic carbocycles. The van der Waals surface area contributed by atoms with Crippen molar-refractivity contribution < 1.29 is 24.8 Å². The number of rotatable bonds is 5. The van der Waals surface area contributed by atoms with Crippen LogP contribution < -0.4 is 10.1 Å². The smallest absolute Gasteiger partial charge is 0.143 e. The number of nitrogens with one attached hydrogen (secondary N) is 1. The van der Waals surface area contributed by atoms with Gasteiger partial charge >= 0.3 is 0 Å². The Kier molecular flexibility index (Phi) is 5.61. The molecular weight excluding hydrogens is 418 g/mol. The Bertz CT molecular complexity index is 949. The summed E-state index contributed by atoms with van der Waals surface area (Å²) in [5, 5.41) is 33.6. The molecule has 0 bridgehead atoms. The molecule has 3 aliphatic rings. The summed E-state index contributed by atoms with van der Waals surface area (Å²) < 4.78 is 12.1. The molecule has 1 saturated carbocycles. The average Bonchev–Trinajstić information content (AvgIpc) is 3.54. The van der Waals surface area contributed by atoms with Crippen molar-refractivity contribution in [3.05, 3.63) is 58.1 Å². The summed E-state index contributed by atoms with van der Waals surface area (Å²) in [7, 11) is 0. The Morgan fingerprint density at radius 1 is 1.10 bits per heavy atom. The number of fused-ring (bicyclic) bond motifs is 1. The molecule has 6 nitrogen and oxygen atoms in total. The van der Waals surface area contributed by atoms with E-state index in [4.69, 9.17) is 21.1 Å². The zero-order chi connectivity index (χ0) is 21.6. The van der Waals surface area contributed by atoms with E-state index < -0.39 is 12.2 Å². The van der Waals surface area contributed by atoms with Gasteiger partial charge in [0.05, 0.1) is 31.0 Å². The third-order valence-corrected chi connectivity index (χ3v) is 7.12. The molecule has 0 unspecified atom stereocenters. The van der Waals surface area contributed by atoms with Crippen molar-refractivity contribution in [3.63, 3.8) is 0 Å². The van der Waals surface area contributed by atoms with Crippen molar-refractivity contribution in [2.75, 3.05) is 25.1 Å². The molecule has 166 valence electrons. The topological polar surface area (TPSA) is 91.2 Å². The van der Waals surface area contributed by atoms with E-state index >= 15 is 0 Å². The molecule has 1 spiro atoms. The van der Waals surface area contributed by atoms with Crippen LogP contribution in [0.3, 0.4) is 0 Å². The van der Waals surface area contributed by atoms with Gasteiger partial charge < -0.3 is 30.1 Å². The van der Waals surface area contributed by atoms with Crippen LogP contribution in [0.4, 0.5) is 5.69 Å². The largest absolute Gasteiger partial charge is 0.483 e. The van der Waals surface area contributed by atoms with E-state index in [-0.39, 0.29) is 30.8 Å². The Labute approximate surface area is 186 Å². The molecule has 2 fully saturated rings. The van der Waals surface area contributed by atoms with Crippen LogP contribution in [-0.2, 0) is 11.2 Å². The van der Waals surface area contributed by atoms with Crippen molar-refractivity contribution in [2.45, 2.75) is 49.6 Å². The second-order valence-electron chi connectivity index (χ2n) is 9.01. The standard InChI is InChI=1S/C24H28ClNO5/c25-18-3-2-15(21-10-17(11-27)23(29)22(12-28)30-21)9-16(18)7-14-1-4-20-19(8-14)26-13-24(31-20)5-6-24/h1-4,8-9,17,21-23,26-29H,5-7,10-13H2/t17-,21+,22+,23-/m0/s1. The third kappa shape index (κ3) is 4.15. The maximum Gasteiger partial charge on any atom is 0.143 e. The Morgan fingerprint density at radius 2 is 1.94 bits per heavy atom. The molecule has 2 heterocycles. The van der Waals surface area contributed by atoms with Gasteiger partial charge in [0.1, 0.15) is 17.5 Å². The summed E-state index contributed by atoms with van der Waals surface area (Å²) in [6.45, 7) is 0.409. The lowest BCUT2D eigenvalue weighted by Gasteiger charge is -2.38. The van der Waals surface area contributed by atoms with E-state index in [0.29, 0.717) is 17.9 Å². The summed E-state index contributed by atoms with van der Waals surface area (Å²) in [5.74, 6) is 0.572. The van der Waals surface area contributed by atoms with Crippen LogP contribution >= 0.6 is 11.6 Å². The Balaban J connectivity index is 1.35. The van der Waals surface area contributed by atoms with Crippen molar-refractivity contribution >= 4 is 17.3 Å². The fraction of sp³-hybridized carbons (Fsp3) is 0.500. The lowest BCUT2D eigenvalue weighted by atomic mass is 9.86. The molecule has 1 saturated heterocycles. The number of benzene rings is 2. The lowest BCUT2D eigenvalue weighted by Crippen LogP contribution is -2.45. The fourth-order valence-corrected chi connectivity index (χ4v) is 4.81. The average molecular weight is 446 g/mol. The van der Waals surface area contributed by atoms with Gasteiger partial charge in [0.25, 0.3) is 0 Å². The number of hydrogen-bond donors (Lipinski definition) is 4. The van der Waals surface area contributed by atoms with E-state index in [1.165, 1.54) is 0 Å². The molecule has 4 atom stereocenters. The first-order chi connectivity index (χ1) is 15.0. The van der Waals surface area contributed by atoms with Gasteiger partial charge in [-0.2, -0.15) is 0 Å². The maximum absolute atomic E-state index is 10.2. The van der Waals surface area contributed by atoms with Gasteiger partial charge in [-0.15, -0.1) is 0 Å². The van der Waals surface area contributed by atoms with Gasteiger partial charge in [-0.3, -0.25) is 0 Å². The first-order valence-corrected chi connectivity index (χ1v) is 11.3. The zero-order valence-electron chi connectivity index (χ0n) is 17.3. The second-order valence-corrected chi connectivity index (χ2v) is 9.42. The van der Waals surface area contributed by atoms with E-state index in [9.17, 15) is 15.3 Å². The van der Waals surface area contributed by atoms with Gasteiger partial charge in [0.15, 0.2) is 0 Å². The number of aliphatic hydroxyl groups is 3. The number of anilines is 1. The fourth-order valence-electron chi connectivity index (χ4n) is 4.62. The summed E-state index contributed by atoms with van der Waals surface area (Å²) in [5.41, 5.74) is 4.06. The van der Waals surface area contributed by atoms with Crippen LogP contribution in [0.5, 0.6) is 5.75 Å². The van der Waals surface area contributed by atoms with E-state index in [2.05, 4.69) is 17.4 Å². The van der Waals surface area contributed by atoms with Crippen LogP contribution in [-0.4, -0.2) is 52.9 Å². The molecule has 2 aromatic rings. The van der Waals surface area contributed by atoms with Crippen LogP contribution in [0.1, 0.15) is 42.1 Å². The summed E-state index contributed by atoms with van der Waals surface area (Å²) in [4.78, 5) is 0. The zero-order valence-corrected chi connectivity index (χ0v) is 18.0. The molecule has 2 aliphatic heterocycles. The summed E-state index contributed by atoms with van der Waals surface area (Å²) in [6, 6.07) is 12.0. The molecule has 4 N–H and O–H groups in total. The lowest BCUT2D eigenvalue weighted by molar-refractivity contribution is -0.167. The molecule has 7 heteroatoms. The SMILES string of the molecule is OC[C@@H]1C[C@H](c2ccc(Cl)c(Cc3ccc4c(c3)NCC3(CC3)O4)c2)O[C@H](CO)[C@H]1O. The highest BCUT2D eigenvalue weighted by Crippen LogP contribution is 2.46. The van der Waals surface area contributed by atoms with Crippen LogP contribution in [0.15, 0.2) is 36.4 Å². The molecule has 0 radical (unpaired) electrons. The van der Waals surface area contributed by atoms with Gasteiger partial charge in [0.2, 0.25) is 0 Å². The van der Waals surface area contributed by atoms with Gasteiger partial charge in [0, 0.05) is 17.5 Å². The molecule has 0 aromatic heterocycles. The maximum atomic E-state index is 10.2. The molecule has 5 rings (SSSR count). The third-order valence-electron chi connectivity index (χ3n) is 6.75. The monoisotopic (exact) mass is 445 g/mol. The molecule has 31 heavy (non-hydrogen) atoms. The van der Waals surface area contributed by atoms with Crippen molar-refractivity contribution in [1.82, 2.24) is 0 Å². The molecular formula is C24H28ClNO5. The first-order valence-electron chi connectivity index (χ1n) is 10.9. The van der Waals surface area contributed by atoms with Crippen molar-refractivity contribution in [1.29, 1.82) is 0 Å². The van der Waals surface area contributed by atoms with Crippen LogP contribution in [0.25, 0.3) is 0 Å². The minimum absolute atomic E-state index is 0.0125. The predicted molar refractivity (Wildman–Crippen MR) is 118 cm³/mol. The van der Waals surface area contributed by atoms with Gasteiger partial charge in [-0.05, 0) is 60.6 Å². The number of aliphatic hydroxyl groups excluding tert-OH is 3. The van der Waals surface area contributed by atoms with Crippen molar-refractivity contribution in [3.8, 4) is 5.75 Å². The predicted octanol–water partition coefficient (Wildman–Crippen LogP) is 3.06. The normalized spacial score (nSPS) is 28.5. The first kappa shape index (κ1) is 21.0. The van der Waals surface area contributed by atoms with Crippen molar-refractivity contribution in [2.24, 2.45) is 5.92 Å². The molecule has 0 amide bonds. The number of hydrogen-bond acceptors (Lipinski definition) is 6. The Hall–Kier alpha value is -1.83. The van der Waals surface area contributed by atoms with Crippen LogP contribution in [0, 0.1) is 5.92 Å². The second kappa shape index (κ2) is 8.26. The van der Waals surface area contributed by atoms with E-state index in [1.54, 1.807) is 0 Å². The number of ether oxygens (including phenoxy) is 2. The minimum Gasteiger partial charge on any atom is -0.483 e. The highest BCUT2D eigenvalue weighted by atomic mass is 35.5. The highest BCUT2D eigenvalue weighted by Gasteiger charge is 2.47. The minimum atomic E-state index is -0.877. The Morgan fingerprint density at radius 3 is 2.68 bits per heavy atom. The quantitative estimate of drug-likeness (QED) is 0.565. The van der Waals surface area contributed by atoms with Crippen LogP contribution in [0.2, 0.25) is 5.02 Å². The molecule has 1 aliphatic carbocycles. The highest BCUT2D eigenvalue weighted by molar-refractivity contribution is 6.31. The van der Waals surface area contributed by atoms with E-state index in [1.807, 2.05) is 24.3 Å². The van der Waals surface area contributed by atoms with Gasteiger partial charge in [-0.1, -0.05) is 29.8 Å². The summed E-state index contributed by atoms with van der Waals surface area (Å²) in [6.07, 6.45) is 1.46. The van der Waals surface area contributed by atoms with E-state index in [0.717, 1.165) is 47.5 Å². The number of halogens is 1. The summed E-state index contributed by atoms with van der Waals surface area (Å²) >= 11 is 6.51.